The van der Waals surface area contributed by atoms with Crippen molar-refractivity contribution in [2.75, 3.05) is 0 Å². The fraction of sp³-hybridized carbons (Fsp3) is 0.400. The molecule has 1 aliphatic heterocycles. The normalized spacial score (nSPS) is 16.7. The molecule has 3 rings (SSSR count). The minimum atomic E-state index is -0.622. The Morgan fingerprint density at radius 2 is 1.92 bits per heavy atom. The van der Waals surface area contributed by atoms with Crippen molar-refractivity contribution in [3.8, 4) is 0 Å². The zero-order chi connectivity index (χ0) is 18.7. The minimum Gasteiger partial charge on any atom is -0.467 e. The van der Waals surface area contributed by atoms with E-state index in [2.05, 4.69) is 5.32 Å². The molecule has 26 heavy (non-hydrogen) atoms. The molecule has 2 aromatic rings. The van der Waals surface area contributed by atoms with Crippen molar-refractivity contribution in [3.63, 3.8) is 0 Å². The molecule has 0 bridgehead atoms. The Bertz CT molecular complexity index is 777. The lowest BCUT2D eigenvalue weighted by Crippen LogP contribution is -2.53. The van der Waals surface area contributed by atoms with E-state index in [1.807, 2.05) is 45.0 Å². The average Bonchev–Trinajstić information content (AvgIpc) is 3.10. The molecule has 6 nitrogen and oxygen atoms in total. The van der Waals surface area contributed by atoms with Gasteiger partial charge in [-0.3, -0.25) is 9.69 Å². The van der Waals surface area contributed by atoms with Crippen LogP contribution >= 0.6 is 0 Å². The maximum absolute atomic E-state index is 12.8. The molecule has 0 fully saturated rings. The lowest BCUT2D eigenvalue weighted by Gasteiger charge is -2.36. The summed E-state index contributed by atoms with van der Waals surface area (Å²) in [7, 11) is 0. The van der Waals surface area contributed by atoms with Crippen LogP contribution in [0.2, 0.25) is 0 Å². The third kappa shape index (κ3) is 4.25. The fourth-order valence-corrected chi connectivity index (χ4v) is 2.97. The summed E-state index contributed by atoms with van der Waals surface area (Å²) in [6, 6.07) is 10.8. The quantitative estimate of drug-likeness (QED) is 0.916. The summed E-state index contributed by atoms with van der Waals surface area (Å²) in [6.07, 6.45) is 1.54. The van der Waals surface area contributed by atoms with Crippen LogP contribution in [0.1, 0.15) is 37.7 Å². The van der Waals surface area contributed by atoms with Gasteiger partial charge < -0.3 is 14.5 Å². The van der Waals surface area contributed by atoms with Crippen LogP contribution in [0.5, 0.6) is 0 Å². The summed E-state index contributed by atoms with van der Waals surface area (Å²) in [5.74, 6) is 0.445. The second kappa shape index (κ2) is 7.23. The van der Waals surface area contributed by atoms with Crippen LogP contribution in [0, 0.1) is 0 Å². The maximum Gasteiger partial charge on any atom is 0.411 e. The number of amides is 2. The van der Waals surface area contributed by atoms with E-state index in [4.69, 9.17) is 9.15 Å². The topological polar surface area (TPSA) is 71.8 Å². The first-order valence-electron chi connectivity index (χ1n) is 8.70. The largest absolute Gasteiger partial charge is 0.467 e. The number of carbonyl (C=O) groups is 2. The van der Waals surface area contributed by atoms with Crippen molar-refractivity contribution >= 4 is 12.0 Å². The number of nitrogens with one attached hydrogen (secondary N) is 1. The molecule has 1 aromatic heterocycles. The molecule has 1 aromatic carbocycles. The van der Waals surface area contributed by atoms with Gasteiger partial charge in [0.15, 0.2) is 0 Å². The van der Waals surface area contributed by atoms with E-state index in [1.54, 1.807) is 18.4 Å². The number of hydrogen-bond acceptors (Lipinski definition) is 4. The van der Waals surface area contributed by atoms with Gasteiger partial charge in [-0.05, 0) is 44.0 Å². The molecular formula is C20H24N2O4. The first-order chi connectivity index (χ1) is 12.3. The van der Waals surface area contributed by atoms with Gasteiger partial charge >= 0.3 is 6.09 Å². The third-order valence-corrected chi connectivity index (χ3v) is 4.20. The third-order valence-electron chi connectivity index (χ3n) is 4.20. The van der Waals surface area contributed by atoms with Crippen molar-refractivity contribution in [2.24, 2.45) is 0 Å². The number of benzene rings is 1. The summed E-state index contributed by atoms with van der Waals surface area (Å²) in [4.78, 5) is 27.0. The Morgan fingerprint density at radius 3 is 2.58 bits per heavy atom. The van der Waals surface area contributed by atoms with Crippen LogP contribution in [0.3, 0.4) is 0 Å². The van der Waals surface area contributed by atoms with Gasteiger partial charge in [0, 0.05) is 6.42 Å². The summed E-state index contributed by atoms with van der Waals surface area (Å²) in [5.41, 5.74) is 1.49. The zero-order valence-electron chi connectivity index (χ0n) is 15.3. The van der Waals surface area contributed by atoms with Gasteiger partial charge in [0.25, 0.3) is 0 Å². The second-order valence-corrected chi connectivity index (χ2v) is 7.39. The summed E-state index contributed by atoms with van der Waals surface area (Å²) < 4.78 is 10.8. The Morgan fingerprint density at radius 1 is 1.19 bits per heavy atom. The Balaban J connectivity index is 1.78. The van der Waals surface area contributed by atoms with Crippen molar-refractivity contribution in [1.29, 1.82) is 0 Å². The molecule has 0 spiro atoms. The Hall–Kier alpha value is -2.76. The number of carbonyl (C=O) groups excluding carboxylic acids is 2. The Labute approximate surface area is 153 Å². The molecule has 6 heteroatoms. The highest BCUT2D eigenvalue weighted by molar-refractivity contribution is 5.86. The molecule has 0 unspecified atom stereocenters. The predicted molar refractivity (Wildman–Crippen MR) is 96.3 cm³/mol. The molecule has 2 amide bonds. The highest BCUT2D eigenvalue weighted by Crippen LogP contribution is 2.25. The van der Waals surface area contributed by atoms with Crippen LogP contribution in [0.15, 0.2) is 47.1 Å². The molecule has 0 aliphatic carbocycles. The monoisotopic (exact) mass is 356 g/mol. The lowest BCUT2D eigenvalue weighted by molar-refractivity contribution is -0.127. The highest BCUT2D eigenvalue weighted by atomic mass is 16.6. The van der Waals surface area contributed by atoms with E-state index in [9.17, 15) is 9.59 Å². The summed E-state index contributed by atoms with van der Waals surface area (Å²) in [6.45, 7) is 6.08. The first-order valence-corrected chi connectivity index (χ1v) is 8.70. The van der Waals surface area contributed by atoms with Gasteiger partial charge in [-0.1, -0.05) is 24.3 Å². The van der Waals surface area contributed by atoms with Crippen molar-refractivity contribution in [2.45, 2.75) is 51.9 Å². The number of hydrogen-bond donors (Lipinski definition) is 1. The molecule has 1 N–H and O–H groups in total. The van der Waals surface area contributed by atoms with E-state index >= 15 is 0 Å². The number of ether oxygens (including phenoxy) is 1. The number of rotatable bonds is 3. The van der Waals surface area contributed by atoms with E-state index in [-0.39, 0.29) is 12.5 Å². The minimum absolute atomic E-state index is 0.221. The highest BCUT2D eigenvalue weighted by Gasteiger charge is 2.36. The standard InChI is InChI=1S/C20H24N2O4/c1-20(2,3)26-19(24)22-13-15-8-5-4-7-14(15)11-17(22)18(23)21-12-16-9-6-10-25-16/h4-10,17H,11-13H2,1-3H3,(H,21,23)/t17-/m0/s1. The van der Waals surface area contributed by atoms with Gasteiger partial charge in [0.2, 0.25) is 5.91 Å². The van der Waals surface area contributed by atoms with Crippen LogP contribution in [-0.2, 0) is 29.0 Å². The van der Waals surface area contributed by atoms with E-state index < -0.39 is 17.7 Å². The summed E-state index contributed by atoms with van der Waals surface area (Å²) in [5, 5.41) is 2.85. The van der Waals surface area contributed by atoms with E-state index in [0.717, 1.165) is 11.1 Å². The van der Waals surface area contributed by atoms with E-state index in [0.29, 0.717) is 18.7 Å². The van der Waals surface area contributed by atoms with Crippen LogP contribution < -0.4 is 5.32 Å². The SMILES string of the molecule is CC(C)(C)OC(=O)N1Cc2ccccc2C[C@H]1C(=O)NCc1ccco1. The molecule has 0 radical (unpaired) electrons. The number of fused-ring (bicyclic) bond motifs is 1. The predicted octanol–water partition coefficient (Wildman–Crippen LogP) is 3.26. The second-order valence-electron chi connectivity index (χ2n) is 7.39. The smallest absolute Gasteiger partial charge is 0.411 e. The molecule has 0 saturated heterocycles. The van der Waals surface area contributed by atoms with Crippen LogP contribution in [0.4, 0.5) is 4.79 Å². The fourth-order valence-electron chi connectivity index (χ4n) is 2.97. The van der Waals surface area contributed by atoms with E-state index in [1.165, 1.54) is 4.90 Å². The van der Waals surface area contributed by atoms with Crippen molar-refractivity contribution in [3.05, 3.63) is 59.5 Å². The molecule has 1 aliphatic rings. The Kier molecular flexibility index (Phi) is 5.02. The molecule has 0 saturated carbocycles. The van der Waals surface area contributed by atoms with Gasteiger partial charge in [-0.2, -0.15) is 0 Å². The first kappa shape index (κ1) is 18.0. The van der Waals surface area contributed by atoms with Crippen molar-refractivity contribution < 1.29 is 18.7 Å². The zero-order valence-corrected chi connectivity index (χ0v) is 15.3. The van der Waals surface area contributed by atoms with Gasteiger partial charge in [-0.15, -0.1) is 0 Å². The summed E-state index contributed by atoms with van der Waals surface area (Å²) >= 11 is 0. The molecule has 138 valence electrons. The van der Waals surface area contributed by atoms with Crippen LogP contribution in [0.25, 0.3) is 0 Å². The molecule has 2 heterocycles. The van der Waals surface area contributed by atoms with Crippen molar-refractivity contribution in [1.82, 2.24) is 10.2 Å². The molecular weight excluding hydrogens is 332 g/mol. The number of nitrogens with zero attached hydrogens (tertiary/aromatic N) is 1. The van der Waals surface area contributed by atoms with Gasteiger partial charge in [0.1, 0.15) is 17.4 Å². The van der Waals surface area contributed by atoms with Crippen LogP contribution in [-0.4, -0.2) is 28.5 Å². The maximum atomic E-state index is 12.8. The lowest BCUT2D eigenvalue weighted by atomic mass is 9.94. The molecule has 1 atom stereocenters. The number of furan rings is 1. The van der Waals surface area contributed by atoms with Gasteiger partial charge in [0.05, 0.1) is 19.4 Å². The average molecular weight is 356 g/mol. The van der Waals surface area contributed by atoms with Gasteiger partial charge in [-0.25, -0.2) is 4.79 Å².